The lowest BCUT2D eigenvalue weighted by Gasteiger charge is -2.20. The van der Waals surface area contributed by atoms with Crippen molar-refractivity contribution in [1.29, 1.82) is 0 Å². The van der Waals surface area contributed by atoms with E-state index < -0.39 is 11.9 Å². The van der Waals surface area contributed by atoms with Crippen LogP contribution in [0.25, 0.3) is 0 Å². The lowest BCUT2D eigenvalue weighted by Crippen LogP contribution is -2.50. The summed E-state index contributed by atoms with van der Waals surface area (Å²) in [6.45, 7) is 7.53. The van der Waals surface area contributed by atoms with E-state index in [2.05, 4.69) is 10.3 Å². The van der Waals surface area contributed by atoms with E-state index in [-0.39, 0.29) is 11.8 Å². The molecule has 0 bridgehead atoms. The van der Waals surface area contributed by atoms with Crippen LogP contribution in [0.2, 0.25) is 0 Å². The number of rotatable bonds is 5. The summed E-state index contributed by atoms with van der Waals surface area (Å²) in [6, 6.07) is 5.12. The van der Waals surface area contributed by atoms with Gasteiger partial charge in [-0.15, -0.1) is 0 Å². The molecule has 0 aliphatic heterocycles. The number of carbonyl (C=O) groups is 2. The van der Waals surface area contributed by atoms with E-state index in [9.17, 15) is 9.59 Å². The molecule has 0 fully saturated rings. The van der Waals surface area contributed by atoms with E-state index >= 15 is 0 Å². The molecule has 5 heteroatoms. The monoisotopic (exact) mass is 289 g/mol. The van der Waals surface area contributed by atoms with Crippen LogP contribution in [0.4, 0.5) is 0 Å². The predicted molar refractivity (Wildman–Crippen MR) is 84.3 cm³/mol. The van der Waals surface area contributed by atoms with Crippen molar-refractivity contribution < 1.29 is 9.59 Å². The minimum Gasteiger partial charge on any atom is -0.368 e. The van der Waals surface area contributed by atoms with Gasteiger partial charge in [0, 0.05) is 12.6 Å². The van der Waals surface area contributed by atoms with Gasteiger partial charge in [0.25, 0.3) is 5.91 Å². The van der Waals surface area contributed by atoms with Crippen LogP contribution in [0.3, 0.4) is 0 Å². The van der Waals surface area contributed by atoms with Gasteiger partial charge in [-0.05, 0) is 31.4 Å². The molecule has 0 spiro atoms. The first-order valence-electron chi connectivity index (χ1n) is 6.92. The minimum atomic E-state index is -0.709. The largest absolute Gasteiger partial charge is 0.368 e. The molecule has 1 aromatic carbocycles. The third-order valence-electron chi connectivity index (χ3n) is 3.35. The second-order valence-corrected chi connectivity index (χ2v) is 5.49. The fourth-order valence-electron chi connectivity index (χ4n) is 2.11. The summed E-state index contributed by atoms with van der Waals surface area (Å²) < 4.78 is 0. The van der Waals surface area contributed by atoms with E-state index in [4.69, 9.17) is 5.73 Å². The molecule has 0 aliphatic carbocycles. The number of nitrogens with two attached hydrogens (primary N) is 1. The van der Waals surface area contributed by atoms with Crippen molar-refractivity contribution in [3.63, 3.8) is 0 Å². The molecule has 1 rings (SSSR count). The average molecular weight is 289 g/mol. The summed E-state index contributed by atoms with van der Waals surface area (Å²) in [6.07, 6.45) is 0. The topological polar surface area (TPSA) is 84.6 Å². The van der Waals surface area contributed by atoms with E-state index in [0.717, 1.165) is 16.7 Å². The molecule has 1 aromatic rings. The Morgan fingerprint density at radius 3 is 2.33 bits per heavy atom. The van der Waals surface area contributed by atoms with Crippen LogP contribution in [0.1, 0.15) is 30.5 Å². The van der Waals surface area contributed by atoms with Gasteiger partial charge in [-0.25, -0.2) is 0 Å². The Morgan fingerprint density at radius 2 is 1.86 bits per heavy atom. The van der Waals surface area contributed by atoms with E-state index in [1.165, 1.54) is 0 Å². The first-order valence-corrected chi connectivity index (χ1v) is 6.92. The third kappa shape index (κ3) is 4.15. The van der Waals surface area contributed by atoms with Crippen molar-refractivity contribution in [1.82, 2.24) is 5.32 Å². The van der Waals surface area contributed by atoms with E-state index in [0.29, 0.717) is 5.71 Å². The molecule has 0 aliphatic rings. The number of nitrogens with zero attached hydrogens (tertiary/aromatic N) is 1. The molecular weight excluding hydrogens is 266 g/mol. The Kier molecular flexibility index (Phi) is 5.64. The fourth-order valence-corrected chi connectivity index (χ4v) is 2.11. The van der Waals surface area contributed by atoms with Crippen LogP contribution in [0.5, 0.6) is 0 Å². The van der Waals surface area contributed by atoms with Crippen LogP contribution in [0, 0.1) is 19.8 Å². The van der Waals surface area contributed by atoms with Gasteiger partial charge in [0.2, 0.25) is 5.91 Å². The molecule has 2 amide bonds. The number of primary amides is 1. The number of hydrogen-bond acceptors (Lipinski definition) is 3. The molecule has 0 saturated carbocycles. The minimum absolute atomic E-state index is 0.0804. The Balaban J connectivity index is 3.08. The Morgan fingerprint density at radius 1 is 1.24 bits per heavy atom. The standard InChI is InChI=1S/C16H23N3O2/c1-9(2)13(15(17)20)19-16(21)14(18-5)12-8-10(3)6-7-11(12)4/h6-9,13H,1-5H3,(H2,17,20)(H,19,21). The fraction of sp³-hybridized carbons (Fsp3) is 0.438. The SMILES string of the molecule is CN=C(C(=O)NC(C(N)=O)C(C)C)c1cc(C)ccc1C. The molecular formula is C16H23N3O2. The highest BCUT2D eigenvalue weighted by atomic mass is 16.2. The highest BCUT2D eigenvalue weighted by Crippen LogP contribution is 2.13. The number of hydrogen-bond donors (Lipinski definition) is 2. The van der Waals surface area contributed by atoms with Crippen LogP contribution >= 0.6 is 0 Å². The maximum atomic E-state index is 12.4. The summed E-state index contributed by atoms with van der Waals surface area (Å²) in [5.41, 5.74) is 8.40. The van der Waals surface area contributed by atoms with Crippen molar-refractivity contribution in [3.05, 3.63) is 34.9 Å². The number of amides is 2. The van der Waals surface area contributed by atoms with E-state index in [1.807, 2.05) is 45.9 Å². The summed E-state index contributed by atoms with van der Waals surface area (Å²) in [7, 11) is 1.56. The zero-order valence-corrected chi connectivity index (χ0v) is 13.2. The first-order chi connectivity index (χ1) is 9.77. The van der Waals surface area contributed by atoms with Gasteiger partial charge in [0.15, 0.2) is 0 Å². The lowest BCUT2D eigenvalue weighted by molar-refractivity contribution is -0.125. The zero-order valence-electron chi connectivity index (χ0n) is 13.2. The molecule has 1 unspecified atom stereocenters. The number of benzene rings is 1. The Bertz CT molecular complexity index is 577. The Hall–Kier alpha value is -2.17. The third-order valence-corrected chi connectivity index (χ3v) is 3.35. The zero-order chi connectivity index (χ0) is 16.2. The van der Waals surface area contributed by atoms with Gasteiger partial charge >= 0.3 is 0 Å². The molecule has 1 atom stereocenters. The van der Waals surface area contributed by atoms with Crippen molar-refractivity contribution in [3.8, 4) is 0 Å². The second-order valence-electron chi connectivity index (χ2n) is 5.49. The molecule has 5 nitrogen and oxygen atoms in total. The molecule has 0 radical (unpaired) electrons. The quantitative estimate of drug-likeness (QED) is 0.802. The lowest BCUT2D eigenvalue weighted by atomic mass is 9.99. The van der Waals surface area contributed by atoms with Gasteiger partial charge in [0.1, 0.15) is 11.8 Å². The van der Waals surface area contributed by atoms with Gasteiger partial charge in [-0.1, -0.05) is 31.5 Å². The van der Waals surface area contributed by atoms with Crippen LogP contribution in [-0.4, -0.2) is 30.6 Å². The smallest absolute Gasteiger partial charge is 0.270 e. The first kappa shape index (κ1) is 16.9. The second kappa shape index (κ2) is 7.02. The van der Waals surface area contributed by atoms with Gasteiger partial charge in [-0.2, -0.15) is 0 Å². The Labute approximate surface area is 125 Å². The van der Waals surface area contributed by atoms with Gasteiger partial charge in [-0.3, -0.25) is 14.6 Å². The summed E-state index contributed by atoms with van der Waals surface area (Å²) in [4.78, 5) is 27.9. The molecule has 0 saturated heterocycles. The summed E-state index contributed by atoms with van der Waals surface area (Å²) in [5.74, 6) is -1.01. The number of carbonyl (C=O) groups excluding carboxylic acids is 2. The highest BCUT2D eigenvalue weighted by Gasteiger charge is 2.25. The molecule has 114 valence electrons. The van der Waals surface area contributed by atoms with Crippen molar-refractivity contribution in [2.45, 2.75) is 33.7 Å². The van der Waals surface area contributed by atoms with Crippen molar-refractivity contribution >= 4 is 17.5 Å². The predicted octanol–water partition coefficient (Wildman–Crippen LogP) is 1.35. The van der Waals surface area contributed by atoms with E-state index in [1.54, 1.807) is 7.05 Å². The maximum absolute atomic E-state index is 12.4. The van der Waals surface area contributed by atoms with Crippen LogP contribution < -0.4 is 11.1 Å². The number of aryl methyl sites for hydroxylation is 2. The number of nitrogens with one attached hydrogen (secondary N) is 1. The van der Waals surface area contributed by atoms with Gasteiger partial charge in [0.05, 0.1) is 0 Å². The van der Waals surface area contributed by atoms with Crippen LogP contribution in [0.15, 0.2) is 23.2 Å². The summed E-state index contributed by atoms with van der Waals surface area (Å²) in [5, 5.41) is 2.67. The number of aliphatic imine (C=N–C) groups is 1. The summed E-state index contributed by atoms with van der Waals surface area (Å²) >= 11 is 0. The molecule has 21 heavy (non-hydrogen) atoms. The highest BCUT2D eigenvalue weighted by molar-refractivity contribution is 6.46. The molecule has 0 heterocycles. The molecule has 3 N–H and O–H groups in total. The van der Waals surface area contributed by atoms with Crippen LogP contribution in [-0.2, 0) is 9.59 Å². The van der Waals surface area contributed by atoms with Gasteiger partial charge < -0.3 is 11.1 Å². The maximum Gasteiger partial charge on any atom is 0.270 e. The van der Waals surface area contributed by atoms with Crippen molar-refractivity contribution in [2.24, 2.45) is 16.6 Å². The normalized spacial score (nSPS) is 13.1. The average Bonchev–Trinajstić information content (AvgIpc) is 2.40. The molecule has 0 aromatic heterocycles. The van der Waals surface area contributed by atoms with Crippen molar-refractivity contribution in [2.75, 3.05) is 7.05 Å².